The third kappa shape index (κ3) is 5.03. The van der Waals surface area contributed by atoms with Crippen molar-refractivity contribution in [1.29, 1.82) is 0 Å². The van der Waals surface area contributed by atoms with E-state index in [0.717, 1.165) is 12.8 Å². The predicted octanol–water partition coefficient (Wildman–Crippen LogP) is 3.53. The first-order chi connectivity index (χ1) is 12.0. The molecule has 0 aromatic heterocycles. The third-order valence-electron chi connectivity index (χ3n) is 3.69. The second-order valence-electron chi connectivity index (χ2n) is 5.85. The maximum atomic E-state index is 13.7. The number of hydrogen-bond donors (Lipinski definition) is 3. The molecule has 0 unspecified atom stereocenters. The van der Waals surface area contributed by atoms with Gasteiger partial charge in [-0.15, -0.1) is 0 Å². The highest BCUT2D eigenvalue weighted by atomic mass is 79.9. The lowest BCUT2D eigenvalue weighted by molar-refractivity contribution is -0.114. The zero-order valence-electron chi connectivity index (χ0n) is 13.3. The number of rotatable bonds is 6. The average Bonchev–Trinajstić information content (AvgIpc) is 3.38. The number of halogens is 2. The molecule has 1 fully saturated rings. The molecule has 1 aliphatic rings. The molecule has 0 atom stereocenters. The van der Waals surface area contributed by atoms with E-state index in [1.165, 1.54) is 6.07 Å². The summed E-state index contributed by atoms with van der Waals surface area (Å²) >= 11 is 3.18. The summed E-state index contributed by atoms with van der Waals surface area (Å²) in [7, 11) is 0. The quantitative estimate of drug-likeness (QED) is 0.688. The summed E-state index contributed by atoms with van der Waals surface area (Å²) in [6, 6.07) is 11.6. The van der Waals surface area contributed by atoms with E-state index in [0.29, 0.717) is 15.7 Å². The average molecular weight is 406 g/mol. The number of benzene rings is 2. The third-order valence-corrected chi connectivity index (χ3v) is 4.18. The number of carbonyl (C=O) groups excluding carboxylic acids is 2. The van der Waals surface area contributed by atoms with Gasteiger partial charge in [-0.25, -0.2) is 4.39 Å². The first kappa shape index (κ1) is 17.4. The van der Waals surface area contributed by atoms with Crippen LogP contribution in [0.1, 0.15) is 23.2 Å². The van der Waals surface area contributed by atoms with Gasteiger partial charge >= 0.3 is 0 Å². The van der Waals surface area contributed by atoms with E-state index in [9.17, 15) is 14.0 Å². The van der Waals surface area contributed by atoms with Gasteiger partial charge < -0.3 is 16.0 Å². The first-order valence-electron chi connectivity index (χ1n) is 7.91. The van der Waals surface area contributed by atoms with Crippen molar-refractivity contribution in [2.75, 3.05) is 17.2 Å². The fourth-order valence-corrected chi connectivity index (χ4v) is 2.58. The lowest BCUT2D eigenvalue weighted by Crippen LogP contribution is -2.26. The van der Waals surface area contributed by atoms with Gasteiger partial charge in [0, 0.05) is 21.8 Å². The molecule has 0 aliphatic heterocycles. The molecule has 5 nitrogen and oxygen atoms in total. The number of hydrogen-bond acceptors (Lipinski definition) is 3. The van der Waals surface area contributed by atoms with Crippen molar-refractivity contribution in [3.8, 4) is 0 Å². The molecule has 0 spiro atoms. The highest BCUT2D eigenvalue weighted by Crippen LogP contribution is 2.20. The van der Waals surface area contributed by atoms with Gasteiger partial charge in [0.1, 0.15) is 5.82 Å². The standard InChI is InChI=1S/C18H17BrFN3O2/c19-12-4-7-16(15(20)9-12)21-10-17(24)22-14-3-1-2-11(8-14)18(25)23-13-5-6-13/h1-4,7-9,13,21H,5-6,10H2,(H,22,24)(H,23,25). The van der Waals surface area contributed by atoms with Crippen LogP contribution < -0.4 is 16.0 Å². The van der Waals surface area contributed by atoms with E-state index >= 15 is 0 Å². The van der Waals surface area contributed by atoms with E-state index in [-0.39, 0.29) is 30.1 Å². The molecule has 7 heteroatoms. The molecule has 25 heavy (non-hydrogen) atoms. The fourth-order valence-electron chi connectivity index (χ4n) is 2.25. The van der Waals surface area contributed by atoms with Gasteiger partial charge in [-0.1, -0.05) is 22.0 Å². The Labute approximate surface area is 153 Å². The van der Waals surface area contributed by atoms with Crippen LogP contribution in [0.4, 0.5) is 15.8 Å². The van der Waals surface area contributed by atoms with E-state index in [1.54, 1.807) is 36.4 Å². The Bertz CT molecular complexity index is 809. The zero-order valence-corrected chi connectivity index (χ0v) is 14.9. The Balaban J connectivity index is 1.56. The van der Waals surface area contributed by atoms with Crippen LogP contribution in [0.25, 0.3) is 0 Å². The maximum Gasteiger partial charge on any atom is 0.251 e. The summed E-state index contributed by atoms with van der Waals surface area (Å²) in [5.74, 6) is -0.920. The summed E-state index contributed by atoms with van der Waals surface area (Å²) in [6.07, 6.45) is 2.03. The highest BCUT2D eigenvalue weighted by molar-refractivity contribution is 9.10. The Morgan fingerprint density at radius 2 is 1.96 bits per heavy atom. The van der Waals surface area contributed by atoms with Crippen molar-refractivity contribution in [2.24, 2.45) is 0 Å². The number of amides is 2. The van der Waals surface area contributed by atoms with E-state index in [4.69, 9.17) is 0 Å². The molecular formula is C18H17BrFN3O2. The molecule has 0 bridgehead atoms. The normalized spacial score (nSPS) is 13.2. The minimum Gasteiger partial charge on any atom is -0.374 e. The Morgan fingerprint density at radius 3 is 2.68 bits per heavy atom. The van der Waals surface area contributed by atoms with Crippen molar-refractivity contribution in [3.63, 3.8) is 0 Å². The number of nitrogens with one attached hydrogen (secondary N) is 3. The molecule has 0 saturated heterocycles. The summed E-state index contributed by atoms with van der Waals surface area (Å²) in [5.41, 5.74) is 1.26. The summed E-state index contributed by atoms with van der Waals surface area (Å²) in [5, 5.41) is 8.34. The lowest BCUT2D eigenvalue weighted by Gasteiger charge is -2.10. The molecule has 2 aromatic rings. The Morgan fingerprint density at radius 1 is 1.16 bits per heavy atom. The smallest absolute Gasteiger partial charge is 0.251 e. The van der Waals surface area contributed by atoms with Crippen molar-refractivity contribution in [2.45, 2.75) is 18.9 Å². The largest absolute Gasteiger partial charge is 0.374 e. The molecule has 2 amide bonds. The molecule has 2 aromatic carbocycles. The zero-order chi connectivity index (χ0) is 17.8. The van der Waals surface area contributed by atoms with Crippen LogP contribution >= 0.6 is 15.9 Å². The lowest BCUT2D eigenvalue weighted by atomic mass is 10.2. The van der Waals surface area contributed by atoms with Crippen LogP contribution in [-0.2, 0) is 4.79 Å². The predicted molar refractivity (Wildman–Crippen MR) is 98.1 cm³/mol. The summed E-state index contributed by atoms with van der Waals surface area (Å²) in [6.45, 7) is -0.0863. The van der Waals surface area contributed by atoms with Crippen molar-refractivity contribution in [3.05, 3.63) is 58.3 Å². The number of carbonyl (C=O) groups is 2. The highest BCUT2D eigenvalue weighted by Gasteiger charge is 2.23. The summed E-state index contributed by atoms with van der Waals surface area (Å²) in [4.78, 5) is 24.1. The van der Waals surface area contributed by atoms with Gasteiger partial charge in [0.25, 0.3) is 5.91 Å². The minimum absolute atomic E-state index is 0.0863. The van der Waals surface area contributed by atoms with Gasteiger partial charge in [0.2, 0.25) is 5.91 Å². The van der Waals surface area contributed by atoms with E-state index in [1.807, 2.05) is 0 Å². The van der Waals surface area contributed by atoms with Crippen molar-refractivity contribution in [1.82, 2.24) is 5.32 Å². The Kier molecular flexibility index (Phi) is 5.33. The molecule has 1 aliphatic carbocycles. The molecular weight excluding hydrogens is 389 g/mol. The second-order valence-corrected chi connectivity index (χ2v) is 6.77. The molecule has 130 valence electrons. The molecule has 1 saturated carbocycles. The van der Waals surface area contributed by atoms with Gasteiger partial charge in [0.05, 0.1) is 12.2 Å². The molecule has 3 N–H and O–H groups in total. The van der Waals surface area contributed by atoms with Crippen LogP contribution in [0, 0.1) is 5.82 Å². The monoisotopic (exact) mass is 405 g/mol. The first-order valence-corrected chi connectivity index (χ1v) is 8.70. The van der Waals surface area contributed by atoms with E-state index in [2.05, 4.69) is 31.9 Å². The van der Waals surface area contributed by atoms with Crippen molar-refractivity contribution >= 4 is 39.1 Å². The maximum absolute atomic E-state index is 13.7. The second kappa shape index (κ2) is 7.65. The van der Waals surface area contributed by atoms with Crippen LogP contribution in [0.15, 0.2) is 46.9 Å². The van der Waals surface area contributed by atoms with Gasteiger partial charge in [-0.05, 0) is 49.2 Å². The van der Waals surface area contributed by atoms with Crippen LogP contribution in [0.3, 0.4) is 0 Å². The Hall–Kier alpha value is -2.41. The molecule has 0 radical (unpaired) electrons. The summed E-state index contributed by atoms with van der Waals surface area (Å²) < 4.78 is 14.3. The van der Waals surface area contributed by atoms with E-state index < -0.39 is 5.82 Å². The molecule has 0 heterocycles. The number of anilines is 2. The SMILES string of the molecule is O=C(CNc1ccc(Br)cc1F)Nc1cccc(C(=O)NC2CC2)c1. The molecule has 3 rings (SSSR count). The van der Waals surface area contributed by atoms with Crippen LogP contribution in [-0.4, -0.2) is 24.4 Å². The van der Waals surface area contributed by atoms with Gasteiger partial charge in [-0.2, -0.15) is 0 Å². The van der Waals surface area contributed by atoms with Crippen LogP contribution in [0.2, 0.25) is 0 Å². The minimum atomic E-state index is -0.444. The fraction of sp³-hybridized carbons (Fsp3) is 0.222. The van der Waals surface area contributed by atoms with Gasteiger partial charge in [-0.3, -0.25) is 9.59 Å². The van der Waals surface area contributed by atoms with Crippen molar-refractivity contribution < 1.29 is 14.0 Å². The van der Waals surface area contributed by atoms with Gasteiger partial charge in [0.15, 0.2) is 0 Å². The topological polar surface area (TPSA) is 70.2 Å². The van der Waals surface area contributed by atoms with Crippen LogP contribution in [0.5, 0.6) is 0 Å².